The minimum atomic E-state index is -0.508. The summed E-state index contributed by atoms with van der Waals surface area (Å²) in [5.74, 6) is 0. The average molecular weight is 346 g/mol. The lowest BCUT2D eigenvalue weighted by Gasteiger charge is -2.06. The number of aromatic nitrogens is 3. The molecule has 0 saturated carbocycles. The van der Waals surface area contributed by atoms with Crippen LogP contribution in [0.25, 0.3) is 5.69 Å². The Morgan fingerprint density at radius 3 is 2.74 bits per heavy atom. The molecule has 8 heteroatoms. The maximum Gasteiger partial charge on any atom is 0.288 e. The maximum absolute atomic E-state index is 10.8. The van der Waals surface area contributed by atoms with Crippen LogP contribution in [-0.2, 0) is 0 Å². The molecule has 0 N–H and O–H groups in total. The largest absolute Gasteiger partial charge is 0.288 e. The van der Waals surface area contributed by atoms with Crippen LogP contribution in [0.4, 0.5) is 5.69 Å². The maximum atomic E-state index is 10.8. The lowest BCUT2D eigenvalue weighted by Crippen LogP contribution is -2.00. The zero-order chi connectivity index (χ0) is 14.2. The summed E-state index contributed by atoms with van der Waals surface area (Å²) in [4.78, 5) is 10.4. The number of benzene rings is 1. The fourth-order valence-electron chi connectivity index (χ4n) is 1.62. The smallest absolute Gasteiger partial charge is 0.258 e. The molecule has 1 atom stereocenters. The highest BCUT2D eigenvalue weighted by Crippen LogP contribution is 2.30. The molecule has 2 aromatic rings. The molecule has 0 aliphatic carbocycles. The van der Waals surface area contributed by atoms with E-state index in [1.807, 2.05) is 6.92 Å². The van der Waals surface area contributed by atoms with Crippen LogP contribution < -0.4 is 0 Å². The van der Waals surface area contributed by atoms with E-state index in [2.05, 4.69) is 26.2 Å². The Labute approximate surface area is 122 Å². The van der Waals surface area contributed by atoms with Crippen LogP contribution in [0.3, 0.4) is 0 Å². The van der Waals surface area contributed by atoms with Crippen molar-refractivity contribution in [3.8, 4) is 5.69 Å². The first-order valence-electron chi connectivity index (χ1n) is 5.41. The highest BCUT2D eigenvalue weighted by atomic mass is 79.9. The summed E-state index contributed by atoms with van der Waals surface area (Å²) in [6.07, 6.45) is 1.75. The molecular weight excluding hydrogens is 336 g/mol. The molecule has 0 radical (unpaired) electrons. The first-order chi connectivity index (χ1) is 8.90. The molecule has 0 amide bonds. The van der Waals surface area contributed by atoms with Crippen LogP contribution >= 0.6 is 27.5 Å². The fourth-order valence-corrected chi connectivity index (χ4v) is 2.06. The van der Waals surface area contributed by atoms with Crippen LogP contribution in [0.15, 0.2) is 18.3 Å². The number of alkyl halides is 1. The average Bonchev–Trinajstić information content (AvgIpc) is 2.80. The molecule has 0 aliphatic rings. The first kappa shape index (κ1) is 14.0. The van der Waals surface area contributed by atoms with Gasteiger partial charge in [0.05, 0.1) is 27.3 Å². The van der Waals surface area contributed by atoms with E-state index >= 15 is 0 Å². The highest BCUT2D eigenvalue weighted by molar-refractivity contribution is 9.09. The normalized spacial score (nSPS) is 12.4. The second-order valence-corrected chi connectivity index (χ2v) is 5.83. The van der Waals surface area contributed by atoms with Gasteiger partial charge < -0.3 is 0 Å². The number of nitro groups is 1. The molecule has 0 saturated heterocycles. The number of rotatable bonds is 3. The van der Waals surface area contributed by atoms with Crippen molar-refractivity contribution < 1.29 is 4.92 Å². The van der Waals surface area contributed by atoms with Crippen molar-refractivity contribution in [3.05, 3.63) is 44.7 Å². The van der Waals surface area contributed by atoms with E-state index in [1.165, 1.54) is 12.1 Å². The Balaban J connectivity index is 2.50. The van der Waals surface area contributed by atoms with Gasteiger partial charge in [0.15, 0.2) is 0 Å². The van der Waals surface area contributed by atoms with Crippen molar-refractivity contribution in [1.82, 2.24) is 15.0 Å². The summed E-state index contributed by atoms with van der Waals surface area (Å²) >= 11 is 9.30. The zero-order valence-corrected chi connectivity index (χ0v) is 12.5. The Kier molecular flexibility index (Phi) is 3.86. The van der Waals surface area contributed by atoms with E-state index in [9.17, 15) is 10.1 Å². The monoisotopic (exact) mass is 344 g/mol. The standard InChI is InChI=1S/C11H10BrClN4O2/c1-6-3-11(17(18)19)8(13)4-10(6)16-5-9(7(2)12)14-15-16/h3-5,7H,1-2H3. The van der Waals surface area contributed by atoms with E-state index in [1.54, 1.807) is 17.8 Å². The number of hydrogen-bond donors (Lipinski definition) is 0. The number of hydrogen-bond acceptors (Lipinski definition) is 4. The summed E-state index contributed by atoms with van der Waals surface area (Å²) in [6.45, 7) is 3.70. The first-order valence-corrected chi connectivity index (χ1v) is 6.70. The summed E-state index contributed by atoms with van der Waals surface area (Å²) in [7, 11) is 0. The van der Waals surface area contributed by atoms with E-state index < -0.39 is 4.92 Å². The molecule has 0 fully saturated rings. The van der Waals surface area contributed by atoms with Crippen LogP contribution in [0, 0.1) is 17.0 Å². The minimum Gasteiger partial charge on any atom is -0.258 e. The Hall–Kier alpha value is -1.47. The Morgan fingerprint density at radius 2 is 2.21 bits per heavy atom. The summed E-state index contributed by atoms with van der Waals surface area (Å²) < 4.78 is 1.55. The van der Waals surface area contributed by atoms with E-state index in [0.29, 0.717) is 11.3 Å². The second-order valence-electron chi connectivity index (χ2n) is 4.05. The number of nitrogens with zero attached hydrogens (tertiary/aromatic N) is 4. The number of halogens is 2. The van der Waals surface area contributed by atoms with Gasteiger partial charge in [0.2, 0.25) is 0 Å². The summed E-state index contributed by atoms with van der Waals surface area (Å²) in [5.41, 5.74) is 2.03. The van der Waals surface area contributed by atoms with Gasteiger partial charge in [-0.25, -0.2) is 4.68 Å². The van der Waals surface area contributed by atoms with Gasteiger partial charge in [0.1, 0.15) is 5.02 Å². The summed E-state index contributed by atoms with van der Waals surface area (Å²) in [5, 5.41) is 18.9. The molecular formula is C11H10BrClN4O2. The summed E-state index contributed by atoms with van der Waals surface area (Å²) in [6, 6.07) is 2.95. The number of nitro benzene ring substituents is 1. The molecule has 0 aliphatic heterocycles. The van der Waals surface area contributed by atoms with Gasteiger partial charge in [-0.05, 0) is 25.5 Å². The molecule has 100 valence electrons. The molecule has 0 spiro atoms. The molecule has 1 aromatic heterocycles. The van der Waals surface area contributed by atoms with Crippen molar-refractivity contribution in [2.24, 2.45) is 0 Å². The van der Waals surface area contributed by atoms with Crippen LogP contribution in [0.5, 0.6) is 0 Å². The van der Waals surface area contributed by atoms with Crippen molar-refractivity contribution in [3.63, 3.8) is 0 Å². The molecule has 1 heterocycles. The third-order valence-electron chi connectivity index (χ3n) is 2.63. The van der Waals surface area contributed by atoms with Gasteiger partial charge in [0, 0.05) is 6.07 Å². The Bertz CT molecular complexity index is 642. The van der Waals surface area contributed by atoms with Crippen LogP contribution in [0.2, 0.25) is 5.02 Å². The van der Waals surface area contributed by atoms with Crippen LogP contribution in [0.1, 0.15) is 23.0 Å². The highest BCUT2D eigenvalue weighted by Gasteiger charge is 2.17. The fraction of sp³-hybridized carbons (Fsp3) is 0.273. The lowest BCUT2D eigenvalue weighted by molar-refractivity contribution is -0.384. The van der Waals surface area contributed by atoms with Gasteiger partial charge in [-0.15, -0.1) is 5.10 Å². The Morgan fingerprint density at radius 1 is 1.53 bits per heavy atom. The third kappa shape index (κ3) is 2.76. The second kappa shape index (κ2) is 5.26. The van der Waals surface area contributed by atoms with Crippen molar-refractivity contribution in [2.75, 3.05) is 0 Å². The molecule has 0 bridgehead atoms. The molecule has 1 unspecified atom stereocenters. The van der Waals surface area contributed by atoms with Crippen molar-refractivity contribution in [1.29, 1.82) is 0 Å². The van der Waals surface area contributed by atoms with Crippen molar-refractivity contribution >= 4 is 33.2 Å². The van der Waals surface area contributed by atoms with Gasteiger partial charge in [-0.1, -0.05) is 32.7 Å². The predicted octanol–water partition coefficient (Wildman–Crippen LogP) is 3.59. The quantitative estimate of drug-likeness (QED) is 0.484. The molecule has 1 aromatic carbocycles. The SMILES string of the molecule is Cc1cc([N+](=O)[O-])c(Cl)cc1-n1cc(C(C)Br)nn1. The van der Waals surface area contributed by atoms with Gasteiger partial charge in [0.25, 0.3) is 5.69 Å². The van der Waals surface area contributed by atoms with E-state index in [0.717, 1.165) is 5.69 Å². The van der Waals surface area contributed by atoms with Gasteiger partial charge in [-0.2, -0.15) is 0 Å². The molecule has 6 nitrogen and oxygen atoms in total. The number of aryl methyl sites for hydroxylation is 1. The topological polar surface area (TPSA) is 73.8 Å². The van der Waals surface area contributed by atoms with Gasteiger partial charge >= 0.3 is 0 Å². The zero-order valence-electron chi connectivity index (χ0n) is 10.2. The molecule has 2 rings (SSSR count). The van der Waals surface area contributed by atoms with Gasteiger partial charge in [-0.3, -0.25) is 10.1 Å². The van der Waals surface area contributed by atoms with Crippen molar-refractivity contribution in [2.45, 2.75) is 18.7 Å². The van der Waals surface area contributed by atoms with Crippen LogP contribution in [-0.4, -0.2) is 19.9 Å². The lowest BCUT2D eigenvalue weighted by atomic mass is 10.2. The van der Waals surface area contributed by atoms with E-state index in [4.69, 9.17) is 11.6 Å². The predicted molar refractivity (Wildman–Crippen MR) is 75.1 cm³/mol. The van der Waals surface area contributed by atoms with E-state index in [-0.39, 0.29) is 15.5 Å². The molecule has 19 heavy (non-hydrogen) atoms. The minimum absolute atomic E-state index is 0.0783. The third-order valence-corrected chi connectivity index (χ3v) is 3.40.